The molecule has 0 amide bonds. The van der Waals surface area contributed by atoms with E-state index in [2.05, 4.69) is 44.1 Å². The highest BCUT2D eigenvalue weighted by Gasteiger charge is 2.32. The van der Waals surface area contributed by atoms with Crippen LogP contribution in [0.5, 0.6) is 11.5 Å². The van der Waals surface area contributed by atoms with Crippen LogP contribution < -0.4 is 14.5 Å². The zero-order chi connectivity index (χ0) is 21.4. The molecule has 2 aromatic carbocycles. The van der Waals surface area contributed by atoms with Gasteiger partial charge in [-0.2, -0.15) is 5.10 Å². The number of nitro groups is 1. The van der Waals surface area contributed by atoms with Gasteiger partial charge in [-0.25, -0.2) is 0 Å². The predicted molar refractivity (Wildman–Crippen MR) is 121 cm³/mol. The van der Waals surface area contributed by atoms with Gasteiger partial charge in [-0.05, 0) is 18.7 Å². The minimum Gasteiger partial charge on any atom is -0.451 e. The van der Waals surface area contributed by atoms with Gasteiger partial charge in [0.05, 0.1) is 22.9 Å². The number of benzene rings is 2. The van der Waals surface area contributed by atoms with Crippen molar-refractivity contribution in [1.82, 2.24) is 15.1 Å². The summed E-state index contributed by atoms with van der Waals surface area (Å²) in [7, 11) is 2.11. The van der Waals surface area contributed by atoms with E-state index >= 15 is 0 Å². The normalized spacial score (nSPS) is 15.3. The van der Waals surface area contributed by atoms with Crippen molar-refractivity contribution < 1.29 is 15.1 Å². The summed E-state index contributed by atoms with van der Waals surface area (Å²) in [5, 5.41) is 19.9. The van der Waals surface area contributed by atoms with Crippen LogP contribution in [0.15, 0.2) is 54.7 Å². The molecule has 1 fully saturated rings. The number of likely N-dealkylation sites (N-methyl/N-ethyl adjacent to an activating group) is 1. The van der Waals surface area contributed by atoms with E-state index in [9.17, 15) is 10.1 Å². The number of rotatable bonds is 4. The van der Waals surface area contributed by atoms with E-state index in [1.807, 2.05) is 18.2 Å². The summed E-state index contributed by atoms with van der Waals surface area (Å²) in [6.07, 6.45) is 1.58. The number of non-ortho nitro benzene ring substituents is 1. The molecular formula is C22H24N6O4. The molecule has 2 N–H and O–H groups in total. The lowest BCUT2D eigenvalue weighted by Gasteiger charge is -2.38. The Morgan fingerprint density at radius 1 is 1.06 bits per heavy atom. The van der Waals surface area contributed by atoms with Crippen molar-refractivity contribution in [2.24, 2.45) is 0 Å². The summed E-state index contributed by atoms with van der Waals surface area (Å²) in [6, 6.07) is 14.8. The second kappa shape index (κ2) is 8.77. The molecule has 32 heavy (non-hydrogen) atoms. The summed E-state index contributed by atoms with van der Waals surface area (Å²) in [5.74, 6) is 1.76. The summed E-state index contributed by atoms with van der Waals surface area (Å²) < 4.78 is 6.10. The maximum Gasteiger partial charge on any atom is 0.273 e. The molecule has 0 unspecified atom stereocenters. The van der Waals surface area contributed by atoms with E-state index in [4.69, 9.17) is 4.74 Å². The first-order valence-electron chi connectivity index (χ1n) is 10.2. The average Bonchev–Trinajstić information content (AvgIpc) is 2.79. The SMILES string of the molecule is CN1CCN(c2nncc3c2N(Cc2ccccc2)c2ccc([N+](=O)[O-])cc2O3)CC1.O. The minimum atomic E-state index is -0.416. The monoisotopic (exact) mass is 436 g/mol. The third-order valence-electron chi connectivity index (χ3n) is 5.69. The second-order valence-corrected chi connectivity index (χ2v) is 7.75. The van der Waals surface area contributed by atoms with Crippen LogP contribution in [0.2, 0.25) is 0 Å². The molecule has 10 nitrogen and oxygen atoms in total. The number of fused-ring (bicyclic) bond motifs is 2. The Hall–Kier alpha value is -3.76. The standard InChI is InChI=1S/C22H22N6O3.H2O/c1-25-9-11-26(12-10-25)22-21-20(14-23-24-22)31-19-13-17(28(29)30)7-8-18(19)27(21)15-16-5-3-2-4-6-16;/h2-8,13-14H,9-12,15H2,1H3;1H2. The molecule has 5 rings (SSSR count). The maximum absolute atomic E-state index is 11.3. The van der Waals surface area contributed by atoms with Gasteiger partial charge in [-0.3, -0.25) is 10.1 Å². The van der Waals surface area contributed by atoms with Crippen molar-refractivity contribution in [3.63, 3.8) is 0 Å². The maximum atomic E-state index is 11.3. The fraction of sp³-hybridized carbons (Fsp3) is 0.273. The van der Waals surface area contributed by atoms with Crippen LogP contribution in [0.25, 0.3) is 0 Å². The van der Waals surface area contributed by atoms with Crippen LogP contribution >= 0.6 is 0 Å². The molecule has 0 aliphatic carbocycles. The predicted octanol–water partition coefficient (Wildman–Crippen LogP) is 2.76. The molecule has 3 aromatic rings. The number of nitro benzene ring substituents is 1. The Bertz CT molecular complexity index is 1120. The highest BCUT2D eigenvalue weighted by atomic mass is 16.6. The summed E-state index contributed by atoms with van der Waals surface area (Å²) >= 11 is 0. The van der Waals surface area contributed by atoms with E-state index in [-0.39, 0.29) is 11.2 Å². The minimum absolute atomic E-state index is 0. The van der Waals surface area contributed by atoms with E-state index in [1.54, 1.807) is 12.3 Å². The van der Waals surface area contributed by atoms with E-state index in [1.165, 1.54) is 12.1 Å². The van der Waals surface area contributed by atoms with Crippen molar-refractivity contribution in [3.05, 3.63) is 70.4 Å². The Labute approximate surface area is 185 Å². The highest BCUT2D eigenvalue weighted by Crippen LogP contribution is 2.51. The molecule has 10 heteroatoms. The van der Waals surface area contributed by atoms with Crippen molar-refractivity contribution in [2.75, 3.05) is 43.0 Å². The Balaban J connectivity index is 0.00000245. The number of nitrogens with zero attached hydrogens (tertiary/aromatic N) is 6. The van der Waals surface area contributed by atoms with Crippen LogP contribution in [-0.2, 0) is 6.54 Å². The summed E-state index contributed by atoms with van der Waals surface area (Å²) in [4.78, 5) is 17.5. The number of aromatic nitrogens is 2. The van der Waals surface area contributed by atoms with Gasteiger partial charge >= 0.3 is 0 Å². The number of hydrogen-bond acceptors (Lipinski definition) is 8. The molecular weight excluding hydrogens is 412 g/mol. The lowest BCUT2D eigenvalue weighted by molar-refractivity contribution is -0.384. The van der Waals surface area contributed by atoms with E-state index in [0.717, 1.165) is 48.9 Å². The van der Waals surface area contributed by atoms with Crippen LogP contribution in [0.1, 0.15) is 5.56 Å². The number of hydrogen-bond donors (Lipinski definition) is 0. The lowest BCUT2D eigenvalue weighted by Crippen LogP contribution is -2.45. The number of anilines is 3. The van der Waals surface area contributed by atoms with Crippen LogP contribution in [0.4, 0.5) is 22.9 Å². The molecule has 2 aliphatic heterocycles. The summed E-state index contributed by atoms with van der Waals surface area (Å²) in [5.41, 5.74) is 2.71. The first kappa shape index (κ1) is 21.5. The van der Waals surface area contributed by atoms with Crippen molar-refractivity contribution in [1.29, 1.82) is 0 Å². The smallest absolute Gasteiger partial charge is 0.273 e. The molecule has 166 valence electrons. The second-order valence-electron chi connectivity index (χ2n) is 7.75. The molecule has 0 bridgehead atoms. The van der Waals surface area contributed by atoms with Crippen LogP contribution in [0, 0.1) is 10.1 Å². The molecule has 0 spiro atoms. The third-order valence-corrected chi connectivity index (χ3v) is 5.69. The molecule has 1 saturated heterocycles. The van der Waals surface area contributed by atoms with Gasteiger partial charge in [0.25, 0.3) is 5.69 Å². The van der Waals surface area contributed by atoms with Gasteiger partial charge in [0.1, 0.15) is 5.69 Å². The largest absolute Gasteiger partial charge is 0.451 e. The van der Waals surface area contributed by atoms with Gasteiger partial charge in [0, 0.05) is 38.8 Å². The third kappa shape index (κ3) is 3.93. The molecule has 1 aromatic heterocycles. The van der Waals surface area contributed by atoms with Crippen molar-refractivity contribution in [3.8, 4) is 11.5 Å². The van der Waals surface area contributed by atoms with Gasteiger partial charge < -0.3 is 24.9 Å². The van der Waals surface area contributed by atoms with Crippen LogP contribution in [-0.4, -0.2) is 58.7 Å². The molecule has 0 radical (unpaired) electrons. The Kier molecular flexibility index (Phi) is 5.89. The average molecular weight is 436 g/mol. The molecule has 0 saturated carbocycles. The van der Waals surface area contributed by atoms with Gasteiger partial charge in [-0.15, -0.1) is 5.10 Å². The first-order chi connectivity index (χ1) is 15.1. The van der Waals surface area contributed by atoms with Crippen LogP contribution in [0.3, 0.4) is 0 Å². The van der Waals surface area contributed by atoms with Crippen molar-refractivity contribution in [2.45, 2.75) is 6.54 Å². The van der Waals surface area contributed by atoms with Gasteiger partial charge in [0.2, 0.25) is 0 Å². The number of ether oxygens (including phenoxy) is 1. The Morgan fingerprint density at radius 3 is 2.53 bits per heavy atom. The molecule has 0 atom stereocenters. The van der Waals surface area contributed by atoms with E-state index < -0.39 is 4.92 Å². The zero-order valence-electron chi connectivity index (χ0n) is 17.6. The Morgan fingerprint density at radius 2 is 1.81 bits per heavy atom. The topological polar surface area (TPSA) is 119 Å². The van der Waals surface area contributed by atoms with Crippen molar-refractivity contribution >= 4 is 22.9 Å². The number of piperazine rings is 1. The van der Waals surface area contributed by atoms with Gasteiger partial charge in [0.15, 0.2) is 17.3 Å². The summed E-state index contributed by atoms with van der Waals surface area (Å²) in [6.45, 7) is 4.14. The van der Waals surface area contributed by atoms with E-state index in [0.29, 0.717) is 18.0 Å². The quantitative estimate of drug-likeness (QED) is 0.452. The highest BCUT2D eigenvalue weighted by molar-refractivity contribution is 5.85. The lowest BCUT2D eigenvalue weighted by atomic mass is 10.1. The molecule has 2 aliphatic rings. The fourth-order valence-corrected chi connectivity index (χ4v) is 4.00. The molecule has 3 heterocycles. The zero-order valence-corrected chi connectivity index (χ0v) is 17.6. The first-order valence-corrected chi connectivity index (χ1v) is 10.2. The van der Waals surface area contributed by atoms with Gasteiger partial charge in [-0.1, -0.05) is 30.3 Å². The fourth-order valence-electron chi connectivity index (χ4n) is 4.00.